The van der Waals surface area contributed by atoms with Crippen LogP contribution in [0.25, 0.3) is 10.9 Å². The smallest absolute Gasteiger partial charge is 0.254 e. The normalized spacial score (nSPS) is 10.8. The van der Waals surface area contributed by atoms with Crippen LogP contribution in [0.2, 0.25) is 0 Å². The number of amides is 1. The van der Waals surface area contributed by atoms with E-state index in [4.69, 9.17) is 10.2 Å². The number of aromatic nitrogens is 1. The lowest BCUT2D eigenvalue weighted by Crippen LogP contribution is -2.35. The molecule has 5 heteroatoms. The van der Waals surface area contributed by atoms with Gasteiger partial charge < -0.3 is 20.1 Å². The van der Waals surface area contributed by atoms with E-state index in [1.807, 2.05) is 18.3 Å². The van der Waals surface area contributed by atoms with Crippen LogP contribution >= 0.6 is 0 Å². The van der Waals surface area contributed by atoms with Crippen LogP contribution in [0.3, 0.4) is 0 Å². The van der Waals surface area contributed by atoms with Crippen LogP contribution in [0.15, 0.2) is 30.5 Å². The number of hydrogen-bond acceptors (Lipinski definition) is 3. The van der Waals surface area contributed by atoms with Gasteiger partial charge in [0.05, 0.1) is 13.2 Å². The van der Waals surface area contributed by atoms with E-state index in [-0.39, 0.29) is 32.2 Å². The minimum atomic E-state index is -0.186. The Morgan fingerprint density at radius 2 is 1.89 bits per heavy atom. The van der Waals surface area contributed by atoms with Gasteiger partial charge in [0.1, 0.15) is 0 Å². The monoisotopic (exact) mass is 248 g/mol. The van der Waals surface area contributed by atoms with Gasteiger partial charge in [-0.05, 0) is 23.6 Å². The number of aliphatic hydroxyl groups is 2. The van der Waals surface area contributed by atoms with Gasteiger partial charge >= 0.3 is 0 Å². The minimum absolute atomic E-state index is 0.115. The number of carbonyl (C=O) groups excluding carboxylic acids is 1. The number of carbonyl (C=O) groups is 1. The van der Waals surface area contributed by atoms with Crippen LogP contribution in [0.5, 0.6) is 0 Å². The highest BCUT2D eigenvalue weighted by Gasteiger charge is 2.15. The molecule has 1 aromatic carbocycles. The number of nitrogens with zero attached hydrogens (tertiary/aromatic N) is 1. The van der Waals surface area contributed by atoms with Crippen molar-refractivity contribution in [1.29, 1.82) is 0 Å². The fraction of sp³-hybridized carbons (Fsp3) is 0.308. The van der Waals surface area contributed by atoms with Crippen molar-refractivity contribution in [3.05, 3.63) is 36.0 Å². The molecule has 0 saturated carbocycles. The summed E-state index contributed by atoms with van der Waals surface area (Å²) in [5, 5.41) is 18.9. The van der Waals surface area contributed by atoms with Crippen LogP contribution in [0, 0.1) is 0 Å². The Morgan fingerprint density at radius 1 is 1.17 bits per heavy atom. The second-order valence-corrected chi connectivity index (χ2v) is 4.02. The van der Waals surface area contributed by atoms with E-state index in [1.165, 1.54) is 4.90 Å². The summed E-state index contributed by atoms with van der Waals surface area (Å²) in [4.78, 5) is 16.7. The number of aromatic amines is 1. The average Bonchev–Trinajstić information content (AvgIpc) is 2.84. The summed E-state index contributed by atoms with van der Waals surface area (Å²) in [6.07, 6.45) is 1.82. The first-order valence-corrected chi connectivity index (χ1v) is 5.84. The van der Waals surface area contributed by atoms with Crippen molar-refractivity contribution in [3.8, 4) is 0 Å². The van der Waals surface area contributed by atoms with E-state index in [2.05, 4.69) is 4.98 Å². The van der Waals surface area contributed by atoms with Crippen molar-refractivity contribution in [2.24, 2.45) is 0 Å². The topological polar surface area (TPSA) is 76.6 Å². The highest BCUT2D eigenvalue weighted by atomic mass is 16.3. The number of rotatable bonds is 5. The summed E-state index contributed by atoms with van der Waals surface area (Å²) in [7, 11) is 0. The minimum Gasteiger partial charge on any atom is -0.395 e. The summed E-state index contributed by atoms with van der Waals surface area (Å²) < 4.78 is 0. The second-order valence-electron chi connectivity index (χ2n) is 4.02. The third-order valence-electron chi connectivity index (χ3n) is 2.83. The molecule has 1 amide bonds. The molecular weight excluding hydrogens is 232 g/mol. The molecule has 18 heavy (non-hydrogen) atoms. The molecule has 0 radical (unpaired) electrons. The number of H-pyrrole nitrogens is 1. The van der Waals surface area contributed by atoms with Crippen LogP contribution < -0.4 is 0 Å². The number of fused-ring (bicyclic) bond motifs is 1. The van der Waals surface area contributed by atoms with Gasteiger partial charge in [-0.3, -0.25) is 4.79 Å². The van der Waals surface area contributed by atoms with Crippen LogP contribution in [-0.2, 0) is 0 Å². The van der Waals surface area contributed by atoms with Crippen molar-refractivity contribution >= 4 is 16.8 Å². The highest BCUT2D eigenvalue weighted by molar-refractivity contribution is 5.97. The van der Waals surface area contributed by atoms with Crippen molar-refractivity contribution in [3.63, 3.8) is 0 Å². The Bertz CT molecular complexity index is 530. The molecule has 0 aliphatic rings. The predicted molar refractivity (Wildman–Crippen MR) is 68.4 cm³/mol. The van der Waals surface area contributed by atoms with Crippen molar-refractivity contribution in [1.82, 2.24) is 9.88 Å². The van der Waals surface area contributed by atoms with Crippen LogP contribution in [-0.4, -0.2) is 52.3 Å². The van der Waals surface area contributed by atoms with Gasteiger partial charge in [0.2, 0.25) is 0 Å². The molecule has 5 nitrogen and oxygen atoms in total. The lowest BCUT2D eigenvalue weighted by molar-refractivity contribution is 0.0685. The average molecular weight is 248 g/mol. The number of nitrogens with one attached hydrogen (secondary N) is 1. The molecule has 3 N–H and O–H groups in total. The fourth-order valence-electron chi connectivity index (χ4n) is 1.92. The Morgan fingerprint density at radius 3 is 2.56 bits per heavy atom. The van der Waals surface area contributed by atoms with Crippen molar-refractivity contribution < 1.29 is 15.0 Å². The fourth-order valence-corrected chi connectivity index (χ4v) is 1.92. The van der Waals surface area contributed by atoms with E-state index >= 15 is 0 Å². The molecule has 96 valence electrons. The Labute approximate surface area is 105 Å². The molecule has 1 aromatic heterocycles. The maximum absolute atomic E-state index is 12.2. The van der Waals surface area contributed by atoms with Crippen LogP contribution in [0.1, 0.15) is 10.4 Å². The highest BCUT2D eigenvalue weighted by Crippen LogP contribution is 2.15. The molecule has 0 bridgehead atoms. The Kier molecular flexibility index (Phi) is 3.96. The first-order chi connectivity index (χ1) is 8.76. The maximum atomic E-state index is 12.2. The van der Waals surface area contributed by atoms with Crippen molar-refractivity contribution in [2.45, 2.75) is 0 Å². The number of aliphatic hydroxyl groups excluding tert-OH is 2. The largest absolute Gasteiger partial charge is 0.395 e. The molecule has 0 unspecified atom stereocenters. The zero-order chi connectivity index (χ0) is 13.0. The maximum Gasteiger partial charge on any atom is 0.254 e. The van der Waals surface area contributed by atoms with Gasteiger partial charge in [-0.25, -0.2) is 0 Å². The zero-order valence-corrected chi connectivity index (χ0v) is 9.97. The molecule has 2 aromatic rings. The van der Waals surface area contributed by atoms with Gasteiger partial charge in [-0.1, -0.05) is 6.07 Å². The van der Waals surface area contributed by atoms with E-state index in [1.54, 1.807) is 12.1 Å². The van der Waals surface area contributed by atoms with Crippen molar-refractivity contribution in [2.75, 3.05) is 26.3 Å². The van der Waals surface area contributed by atoms with Gasteiger partial charge in [-0.2, -0.15) is 0 Å². The molecule has 0 atom stereocenters. The van der Waals surface area contributed by atoms with Gasteiger partial charge in [0.25, 0.3) is 5.91 Å². The Balaban J connectivity index is 2.24. The first kappa shape index (κ1) is 12.6. The van der Waals surface area contributed by atoms with E-state index in [9.17, 15) is 4.79 Å². The van der Waals surface area contributed by atoms with Gasteiger partial charge in [0, 0.05) is 30.4 Å². The molecule has 2 rings (SSSR count). The lowest BCUT2D eigenvalue weighted by atomic mass is 10.1. The predicted octanol–water partition coefficient (Wildman–Crippen LogP) is 0.595. The standard InChI is InChI=1S/C13H16N2O3/c16-7-5-15(6-8-17)13(18)11-2-1-10-3-4-14-12(10)9-11/h1-4,9,14,16-17H,5-8H2. The van der Waals surface area contributed by atoms with E-state index in [0.29, 0.717) is 5.56 Å². The SMILES string of the molecule is O=C(c1ccc2cc[nH]c2c1)N(CCO)CCO. The molecule has 0 aliphatic heterocycles. The lowest BCUT2D eigenvalue weighted by Gasteiger charge is -2.20. The third-order valence-corrected chi connectivity index (χ3v) is 2.83. The zero-order valence-electron chi connectivity index (χ0n) is 9.97. The molecular formula is C13H16N2O3. The summed E-state index contributed by atoms with van der Waals surface area (Å²) in [5.74, 6) is -0.186. The number of benzene rings is 1. The molecule has 0 fully saturated rings. The first-order valence-electron chi connectivity index (χ1n) is 5.84. The quantitative estimate of drug-likeness (QED) is 0.725. The van der Waals surface area contributed by atoms with E-state index < -0.39 is 0 Å². The summed E-state index contributed by atoms with van der Waals surface area (Å²) >= 11 is 0. The van der Waals surface area contributed by atoms with E-state index in [0.717, 1.165) is 10.9 Å². The summed E-state index contributed by atoms with van der Waals surface area (Å²) in [6.45, 7) is 0.220. The molecule has 0 aliphatic carbocycles. The Hall–Kier alpha value is -1.85. The molecule has 0 spiro atoms. The second kappa shape index (κ2) is 5.66. The summed E-state index contributed by atoms with van der Waals surface area (Å²) in [6, 6.07) is 7.33. The molecule has 1 heterocycles. The molecule has 0 saturated heterocycles. The van der Waals surface area contributed by atoms with Crippen LogP contribution in [0.4, 0.5) is 0 Å². The van der Waals surface area contributed by atoms with Gasteiger partial charge in [-0.15, -0.1) is 0 Å². The number of hydrogen-bond donors (Lipinski definition) is 3. The third kappa shape index (κ3) is 2.52. The summed E-state index contributed by atoms with van der Waals surface area (Å²) in [5.41, 5.74) is 1.45. The van der Waals surface area contributed by atoms with Gasteiger partial charge in [0.15, 0.2) is 0 Å².